The summed E-state index contributed by atoms with van der Waals surface area (Å²) >= 11 is 0. The third kappa shape index (κ3) is 3.25. The molecule has 1 unspecified atom stereocenters. The Hall–Kier alpha value is -0.495. The van der Waals surface area contributed by atoms with Crippen molar-refractivity contribution in [3.05, 3.63) is 18.4 Å². The normalized spacial score (nSPS) is 23.6. The summed E-state index contributed by atoms with van der Waals surface area (Å²) in [6, 6.07) is 0. The highest BCUT2D eigenvalue weighted by Crippen LogP contribution is 2.41. The van der Waals surface area contributed by atoms with Crippen molar-refractivity contribution in [2.75, 3.05) is 0 Å². The molecule has 1 aliphatic rings. The van der Waals surface area contributed by atoms with Crippen molar-refractivity contribution < 1.29 is 9.31 Å². The van der Waals surface area contributed by atoms with Gasteiger partial charge in [0.2, 0.25) is 0 Å². The molecule has 0 aromatic carbocycles. The highest BCUT2D eigenvalue weighted by molar-refractivity contribution is 6.48. The van der Waals surface area contributed by atoms with Crippen LogP contribution in [-0.2, 0) is 9.31 Å². The third-order valence-corrected chi connectivity index (χ3v) is 3.70. The molecule has 1 rings (SSSR count). The summed E-state index contributed by atoms with van der Waals surface area (Å²) in [5, 5.41) is 0. The topological polar surface area (TPSA) is 18.5 Å². The van der Waals surface area contributed by atoms with Gasteiger partial charge >= 0.3 is 7.12 Å². The zero-order valence-electron chi connectivity index (χ0n) is 12.0. The van der Waals surface area contributed by atoms with E-state index in [2.05, 4.69) is 53.9 Å². The Labute approximate surface area is 106 Å². The second-order valence-electron chi connectivity index (χ2n) is 6.29. The fourth-order valence-corrected chi connectivity index (χ4v) is 2.02. The lowest BCUT2D eigenvalue weighted by molar-refractivity contribution is 0.00578. The predicted octanol–water partition coefficient (Wildman–Crippen LogP) is 3.84. The van der Waals surface area contributed by atoms with E-state index < -0.39 is 0 Å². The fraction of sp³-hybridized carbons (Fsp3) is 0.786. The number of hydrogen-bond acceptors (Lipinski definition) is 2. The van der Waals surface area contributed by atoms with Gasteiger partial charge in [0.1, 0.15) is 0 Å². The van der Waals surface area contributed by atoms with Gasteiger partial charge in [0.25, 0.3) is 0 Å². The quantitative estimate of drug-likeness (QED) is 0.545. The minimum Gasteiger partial charge on any atom is -0.403 e. The Balaban J connectivity index is 2.82. The molecule has 3 heteroatoms. The van der Waals surface area contributed by atoms with Gasteiger partial charge in [-0.05, 0) is 46.1 Å². The van der Waals surface area contributed by atoms with Crippen LogP contribution in [0.25, 0.3) is 0 Å². The van der Waals surface area contributed by atoms with Gasteiger partial charge in [-0.3, -0.25) is 0 Å². The predicted molar refractivity (Wildman–Crippen MR) is 73.0 cm³/mol. The molecule has 0 N–H and O–H groups in total. The Morgan fingerprint density at radius 1 is 1.18 bits per heavy atom. The highest BCUT2D eigenvalue weighted by atomic mass is 16.7. The molecule has 0 aromatic rings. The first-order valence-electron chi connectivity index (χ1n) is 6.41. The minimum absolute atomic E-state index is 0.184. The van der Waals surface area contributed by atoms with Crippen LogP contribution in [0.3, 0.4) is 0 Å². The van der Waals surface area contributed by atoms with Crippen LogP contribution in [0.5, 0.6) is 0 Å². The van der Waals surface area contributed by atoms with Crippen molar-refractivity contribution in [2.24, 2.45) is 5.92 Å². The number of allylic oxidation sites excluding steroid dienone is 1. The molecule has 0 spiro atoms. The average Bonchev–Trinajstić information content (AvgIpc) is 2.34. The molecule has 1 heterocycles. The highest BCUT2D eigenvalue weighted by Gasteiger charge is 2.53. The maximum absolute atomic E-state index is 6.06. The molecule has 1 fully saturated rings. The van der Waals surface area contributed by atoms with Gasteiger partial charge < -0.3 is 9.31 Å². The van der Waals surface area contributed by atoms with E-state index in [4.69, 9.17) is 9.31 Å². The van der Waals surface area contributed by atoms with Crippen LogP contribution in [-0.4, -0.2) is 18.3 Å². The van der Waals surface area contributed by atoms with E-state index in [9.17, 15) is 0 Å². The van der Waals surface area contributed by atoms with Crippen molar-refractivity contribution in [2.45, 2.75) is 65.0 Å². The van der Waals surface area contributed by atoms with Gasteiger partial charge in [-0.25, -0.2) is 0 Å². The largest absolute Gasteiger partial charge is 0.465 e. The molecule has 0 bridgehead atoms. The van der Waals surface area contributed by atoms with Gasteiger partial charge in [0.05, 0.1) is 11.2 Å². The zero-order valence-corrected chi connectivity index (χ0v) is 12.0. The van der Waals surface area contributed by atoms with E-state index in [1.54, 1.807) is 0 Å². The first kappa shape index (κ1) is 14.6. The number of rotatable bonds is 4. The molecule has 2 nitrogen and oxygen atoms in total. The SMILES string of the molecule is C=C=CC(CC(C)C)B1OC(C)(C)C(C)(C)O1. The second kappa shape index (κ2) is 5.01. The first-order valence-corrected chi connectivity index (χ1v) is 6.41. The molecule has 0 aliphatic carbocycles. The van der Waals surface area contributed by atoms with E-state index in [0.717, 1.165) is 6.42 Å². The van der Waals surface area contributed by atoms with Gasteiger partial charge in [-0.1, -0.05) is 20.4 Å². The monoisotopic (exact) mass is 236 g/mol. The number of hydrogen-bond donors (Lipinski definition) is 0. The van der Waals surface area contributed by atoms with E-state index in [-0.39, 0.29) is 24.1 Å². The minimum atomic E-state index is -0.262. The van der Waals surface area contributed by atoms with Gasteiger partial charge in [-0.15, -0.1) is 5.73 Å². The third-order valence-electron chi connectivity index (χ3n) is 3.70. The molecule has 1 atom stereocenters. The summed E-state index contributed by atoms with van der Waals surface area (Å²) in [5.74, 6) is 0.831. The molecule has 1 aliphatic heterocycles. The molecule has 0 aromatic heterocycles. The standard InChI is InChI=1S/C14H25BO2/c1-8-9-12(10-11(2)3)15-16-13(4,5)14(6,7)17-15/h9,11-12H,1,10H2,2-7H3. The molecular formula is C14H25BO2. The lowest BCUT2D eigenvalue weighted by atomic mass is 9.68. The Bertz CT molecular complexity index is 298. The summed E-state index contributed by atoms with van der Waals surface area (Å²) in [5.41, 5.74) is 2.35. The molecule has 0 amide bonds. The summed E-state index contributed by atoms with van der Waals surface area (Å²) < 4.78 is 12.1. The van der Waals surface area contributed by atoms with Gasteiger partial charge in [-0.2, -0.15) is 0 Å². The molecule has 0 saturated carbocycles. The van der Waals surface area contributed by atoms with Crippen LogP contribution in [0.4, 0.5) is 0 Å². The Kier molecular flexibility index (Phi) is 4.30. The van der Waals surface area contributed by atoms with E-state index in [1.807, 2.05) is 6.08 Å². The van der Waals surface area contributed by atoms with Gasteiger partial charge in [0, 0.05) is 5.82 Å². The molecule has 96 valence electrons. The molecule has 17 heavy (non-hydrogen) atoms. The molecule has 1 saturated heterocycles. The van der Waals surface area contributed by atoms with Crippen molar-refractivity contribution in [3.63, 3.8) is 0 Å². The van der Waals surface area contributed by atoms with Crippen LogP contribution in [0.15, 0.2) is 18.4 Å². The Morgan fingerprint density at radius 3 is 2.00 bits per heavy atom. The Morgan fingerprint density at radius 2 is 1.65 bits per heavy atom. The zero-order chi connectivity index (χ0) is 13.3. The summed E-state index contributed by atoms with van der Waals surface area (Å²) in [6.07, 6.45) is 3.00. The van der Waals surface area contributed by atoms with Crippen LogP contribution < -0.4 is 0 Å². The average molecular weight is 236 g/mol. The summed E-state index contributed by atoms with van der Waals surface area (Å²) in [6.45, 7) is 16.4. The van der Waals surface area contributed by atoms with Crippen molar-refractivity contribution in [1.29, 1.82) is 0 Å². The van der Waals surface area contributed by atoms with E-state index in [1.165, 1.54) is 0 Å². The second-order valence-corrected chi connectivity index (χ2v) is 6.29. The molecule has 0 radical (unpaired) electrons. The fourth-order valence-electron chi connectivity index (χ4n) is 2.02. The summed E-state index contributed by atoms with van der Waals surface area (Å²) in [7, 11) is -0.184. The van der Waals surface area contributed by atoms with Crippen LogP contribution in [0.1, 0.15) is 48.0 Å². The first-order chi connectivity index (χ1) is 7.69. The smallest absolute Gasteiger partial charge is 0.403 e. The summed E-state index contributed by atoms with van der Waals surface area (Å²) in [4.78, 5) is 0. The van der Waals surface area contributed by atoms with Crippen LogP contribution in [0, 0.1) is 5.92 Å². The van der Waals surface area contributed by atoms with Crippen molar-refractivity contribution in [3.8, 4) is 0 Å². The maximum Gasteiger partial charge on any atom is 0.465 e. The van der Waals surface area contributed by atoms with E-state index in [0.29, 0.717) is 5.92 Å². The van der Waals surface area contributed by atoms with E-state index >= 15 is 0 Å². The maximum atomic E-state index is 6.06. The lowest BCUT2D eigenvalue weighted by Gasteiger charge is -2.32. The van der Waals surface area contributed by atoms with Crippen LogP contribution >= 0.6 is 0 Å². The van der Waals surface area contributed by atoms with Gasteiger partial charge in [0.15, 0.2) is 0 Å². The van der Waals surface area contributed by atoms with Crippen molar-refractivity contribution in [1.82, 2.24) is 0 Å². The van der Waals surface area contributed by atoms with Crippen molar-refractivity contribution >= 4 is 7.12 Å². The molecular weight excluding hydrogens is 211 g/mol. The van der Waals surface area contributed by atoms with Crippen LogP contribution in [0.2, 0.25) is 5.82 Å². The lowest BCUT2D eigenvalue weighted by Crippen LogP contribution is -2.41.